The fourth-order valence-corrected chi connectivity index (χ4v) is 3.20. The van der Waals surface area contributed by atoms with Gasteiger partial charge in [0.25, 0.3) is 5.91 Å². The number of aromatic nitrogens is 3. The zero-order valence-electron chi connectivity index (χ0n) is 16.8. The molecule has 0 fully saturated rings. The van der Waals surface area contributed by atoms with Crippen molar-refractivity contribution in [2.45, 2.75) is 0 Å². The van der Waals surface area contributed by atoms with Crippen molar-refractivity contribution in [3.05, 3.63) is 72.3 Å². The highest BCUT2D eigenvalue weighted by atomic mass is 32.1. The van der Waals surface area contributed by atoms with Gasteiger partial charge in [0.1, 0.15) is 22.5 Å². The lowest BCUT2D eigenvalue weighted by Crippen LogP contribution is -2.34. The van der Waals surface area contributed by atoms with Gasteiger partial charge in [-0.1, -0.05) is 18.2 Å². The number of ether oxygens (including phenoxy) is 2. The van der Waals surface area contributed by atoms with Gasteiger partial charge in [-0.3, -0.25) is 10.1 Å². The number of nitrogens with zero attached hydrogens (tertiary/aromatic N) is 3. The molecule has 1 heterocycles. The van der Waals surface area contributed by atoms with Gasteiger partial charge in [-0.05, 0) is 54.7 Å². The van der Waals surface area contributed by atoms with E-state index in [0.717, 1.165) is 11.2 Å². The number of carbonyl (C=O) groups excluding carboxylic acids is 1. The van der Waals surface area contributed by atoms with E-state index >= 15 is 0 Å². The molecule has 0 aliphatic rings. The molecule has 9 heteroatoms. The van der Waals surface area contributed by atoms with E-state index in [1.807, 2.05) is 48.5 Å². The normalized spacial score (nSPS) is 10.5. The minimum absolute atomic E-state index is 0.151. The summed E-state index contributed by atoms with van der Waals surface area (Å²) in [4.78, 5) is 14.2. The molecule has 0 saturated heterocycles. The smallest absolute Gasteiger partial charge is 0.261 e. The molecule has 0 radical (unpaired) electrons. The Labute approximate surface area is 183 Å². The first-order valence-corrected chi connectivity index (χ1v) is 9.75. The summed E-state index contributed by atoms with van der Waals surface area (Å²) in [6, 6.07) is 20.0. The summed E-state index contributed by atoms with van der Waals surface area (Å²) >= 11 is 5.30. The van der Waals surface area contributed by atoms with Crippen molar-refractivity contribution in [3.8, 4) is 17.2 Å². The summed E-state index contributed by atoms with van der Waals surface area (Å²) in [6.45, 7) is 0. The number of benzene rings is 3. The number of hydrogen-bond acceptors (Lipinski definition) is 6. The Morgan fingerprint density at radius 1 is 0.935 bits per heavy atom. The molecular weight excluding hydrogens is 414 g/mol. The monoisotopic (exact) mass is 433 g/mol. The van der Waals surface area contributed by atoms with Gasteiger partial charge in [0.15, 0.2) is 5.11 Å². The Bertz CT molecular complexity index is 1260. The van der Waals surface area contributed by atoms with Gasteiger partial charge in [-0.25, -0.2) is 0 Å². The number of amides is 1. The number of thiocarbonyl (C=S) groups is 1. The summed E-state index contributed by atoms with van der Waals surface area (Å²) in [5.41, 5.74) is 3.32. The first-order valence-electron chi connectivity index (χ1n) is 9.34. The molecule has 31 heavy (non-hydrogen) atoms. The largest absolute Gasteiger partial charge is 0.497 e. The van der Waals surface area contributed by atoms with Gasteiger partial charge >= 0.3 is 0 Å². The molecule has 4 rings (SSSR count). The van der Waals surface area contributed by atoms with E-state index in [2.05, 4.69) is 20.8 Å². The van der Waals surface area contributed by atoms with Crippen LogP contribution in [0.3, 0.4) is 0 Å². The van der Waals surface area contributed by atoms with Crippen molar-refractivity contribution in [2.24, 2.45) is 0 Å². The first-order chi connectivity index (χ1) is 15.1. The summed E-state index contributed by atoms with van der Waals surface area (Å²) in [7, 11) is 3.03. The number of para-hydroxylation sites is 1. The van der Waals surface area contributed by atoms with E-state index in [-0.39, 0.29) is 5.11 Å². The third kappa shape index (κ3) is 4.46. The average Bonchev–Trinajstić information content (AvgIpc) is 3.22. The second-order valence-corrected chi connectivity index (χ2v) is 6.91. The Morgan fingerprint density at radius 2 is 1.71 bits per heavy atom. The van der Waals surface area contributed by atoms with Crippen LogP contribution in [0.1, 0.15) is 10.4 Å². The number of nitrogens with one attached hydrogen (secondary N) is 2. The molecule has 0 aliphatic heterocycles. The lowest BCUT2D eigenvalue weighted by Gasteiger charge is -2.12. The summed E-state index contributed by atoms with van der Waals surface area (Å²) in [6.07, 6.45) is 0. The molecule has 0 spiro atoms. The number of methoxy groups -OCH3 is 2. The van der Waals surface area contributed by atoms with Crippen LogP contribution in [0.25, 0.3) is 16.7 Å². The van der Waals surface area contributed by atoms with Gasteiger partial charge < -0.3 is 14.8 Å². The van der Waals surface area contributed by atoms with E-state index < -0.39 is 5.91 Å². The fraction of sp³-hybridized carbons (Fsp3) is 0.0909. The highest BCUT2D eigenvalue weighted by Gasteiger charge is 2.15. The van der Waals surface area contributed by atoms with Gasteiger partial charge in [-0.15, -0.1) is 10.2 Å². The van der Waals surface area contributed by atoms with E-state index in [4.69, 9.17) is 21.7 Å². The van der Waals surface area contributed by atoms with E-state index in [1.54, 1.807) is 30.1 Å². The lowest BCUT2D eigenvalue weighted by atomic mass is 10.2. The van der Waals surface area contributed by atoms with Crippen LogP contribution in [-0.2, 0) is 0 Å². The minimum atomic E-state index is -0.395. The van der Waals surface area contributed by atoms with Crippen molar-refractivity contribution in [1.82, 2.24) is 20.3 Å². The zero-order valence-corrected chi connectivity index (χ0v) is 17.6. The quantitative estimate of drug-likeness (QED) is 0.465. The summed E-state index contributed by atoms with van der Waals surface area (Å²) < 4.78 is 10.4. The molecule has 2 N–H and O–H groups in total. The number of anilines is 1. The minimum Gasteiger partial charge on any atom is -0.497 e. The molecule has 0 saturated carbocycles. The molecule has 0 unspecified atom stereocenters. The number of rotatable bonds is 5. The maximum absolute atomic E-state index is 12.6. The third-order valence-electron chi connectivity index (χ3n) is 4.51. The van der Waals surface area contributed by atoms with E-state index in [9.17, 15) is 4.79 Å². The van der Waals surface area contributed by atoms with Gasteiger partial charge in [0, 0.05) is 11.8 Å². The maximum atomic E-state index is 12.6. The lowest BCUT2D eigenvalue weighted by molar-refractivity contribution is 0.0974. The van der Waals surface area contributed by atoms with Crippen molar-refractivity contribution in [3.63, 3.8) is 0 Å². The number of fused-ring (bicyclic) bond motifs is 1. The number of carbonyl (C=O) groups is 1. The molecule has 1 amide bonds. The first kappa shape index (κ1) is 20.3. The summed E-state index contributed by atoms with van der Waals surface area (Å²) in [5.74, 6) is 0.581. The fourth-order valence-electron chi connectivity index (χ4n) is 2.99. The van der Waals surface area contributed by atoms with Gasteiger partial charge in [-0.2, -0.15) is 4.80 Å². The number of hydrogen-bond donors (Lipinski definition) is 2. The highest BCUT2D eigenvalue weighted by molar-refractivity contribution is 7.80. The SMILES string of the molecule is COc1ccc(C(=O)NC(=S)Nc2ccc3nn(-c4ccccc4)nc3c2)c(OC)c1. The molecule has 4 aromatic rings. The second kappa shape index (κ2) is 8.80. The molecule has 1 aromatic heterocycles. The molecule has 0 bridgehead atoms. The van der Waals surface area contributed by atoms with Crippen molar-refractivity contribution < 1.29 is 14.3 Å². The molecule has 156 valence electrons. The van der Waals surface area contributed by atoms with Crippen LogP contribution < -0.4 is 20.1 Å². The van der Waals surface area contributed by atoms with E-state index in [1.165, 1.54) is 7.11 Å². The van der Waals surface area contributed by atoms with Crippen LogP contribution in [0.4, 0.5) is 5.69 Å². The highest BCUT2D eigenvalue weighted by Crippen LogP contribution is 2.24. The topological polar surface area (TPSA) is 90.3 Å². The average molecular weight is 433 g/mol. The molecule has 0 atom stereocenters. The Balaban J connectivity index is 1.47. The Kier molecular flexibility index (Phi) is 5.76. The van der Waals surface area contributed by atoms with Crippen LogP contribution in [0.2, 0.25) is 0 Å². The third-order valence-corrected chi connectivity index (χ3v) is 4.71. The maximum Gasteiger partial charge on any atom is 0.261 e. The van der Waals surface area contributed by atoms with Gasteiger partial charge in [0.2, 0.25) is 0 Å². The molecule has 0 aliphatic carbocycles. The van der Waals surface area contributed by atoms with Crippen LogP contribution in [-0.4, -0.2) is 40.2 Å². The molecular formula is C22H19N5O3S. The van der Waals surface area contributed by atoms with Crippen molar-refractivity contribution >= 4 is 40.0 Å². The van der Waals surface area contributed by atoms with Crippen LogP contribution in [0.5, 0.6) is 11.5 Å². The zero-order chi connectivity index (χ0) is 21.8. The van der Waals surface area contributed by atoms with Gasteiger partial charge in [0.05, 0.1) is 25.5 Å². The summed E-state index contributed by atoms with van der Waals surface area (Å²) in [5, 5.41) is 14.8. The predicted molar refractivity (Wildman–Crippen MR) is 122 cm³/mol. The Morgan fingerprint density at radius 3 is 2.45 bits per heavy atom. The van der Waals surface area contributed by atoms with E-state index in [0.29, 0.717) is 28.3 Å². The van der Waals surface area contributed by atoms with Crippen molar-refractivity contribution in [1.29, 1.82) is 0 Å². The molecule has 8 nitrogen and oxygen atoms in total. The second-order valence-electron chi connectivity index (χ2n) is 6.50. The van der Waals surface area contributed by atoms with Crippen molar-refractivity contribution in [2.75, 3.05) is 19.5 Å². The van der Waals surface area contributed by atoms with Crippen LogP contribution in [0, 0.1) is 0 Å². The molecule has 3 aromatic carbocycles. The van der Waals surface area contributed by atoms with Crippen LogP contribution in [0.15, 0.2) is 66.7 Å². The predicted octanol–water partition coefficient (Wildman–Crippen LogP) is 3.56. The Hall–Kier alpha value is -3.98. The standard InChI is InChI=1S/C22H19N5O3S/c1-29-16-9-10-17(20(13-16)30-2)21(28)24-22(31)23-14-8-11-18-19(12-14)26-27(25-18)15-6-4-3-5-7-15/h3-13H,1-2H3,(H2,23,24,28,31). The van der Waals surface area contributed by atoms with Crippen LogP contribution >= 0.6 is 12.2 Å².